The predicted octanol–water partition coefficient (Wildman–Crippen LogP) is 1.80. The second-order valence-corrected chi connectivity index (χ2v) is 8.16. The van der Waals surface area contributed by atoms with Crippen LogP contribution in [-0.2, 0) is 26.0 Å². The number of carbonyl (C=O) groups excluding carboxylic acids is 2. The Morgan fingerprint density at radius 2 is 1.59 bits per heavy atom. The van der Waals surface area contributed by atoms with E-state index >= 15 is 0 Å². The highest BCUT2D eigenvalue weighted by atomic mass is 35.5. The van der Waals surface area contributed by atoms with Crippen LogP contribution in [0, 0.1) is 0 Å². The normalized spacial score (nSPS) is 11.0. The molecule has 2 rings (SSSR count). The molecule has 0 aliphatic heterocycles. The highest BCUT2D eigenvalue weighted by molar-refractivity contribution is 7.89. The number of rotatable bonds is 9. The summed E-state index contributed by atoms with van der Waals surface area (Å²) in [5.41, 5.74) is 5.27. The molecule has 8 nitrogen and oxygen atoms in total. The topological polar surface area (TPSA) is 114 Å². The van der Waals surface area contributed by atoms with Crippen molar-refractivity contribution in [2.45, 2.75) is 24.7 Å². The lowest BCUT2D eigenvalue weighted by Crippen LogP contribution is -2.43. The molecule has 0 spiro atoms. The number of hydrogen-bond donors (Lipinski definition) is 3. The van der Waals surface area contributed by atoms with Crippen LogP contribution in [-0.4, -0.2) is 33.4 Å². The monoisotopic (exact) mass is 439 g/mol. The van der Waals surface area contributed by atoms with Gasteiger partial charge < -0.3 is 4.74 Å². The van der Waals surface area contributed by atoms with Gasteiger partial charge in [0.05, 0.1) is 17.9 Å². The van der Waals surface area contributed by atoms with Crippen LogP contribution >= 0.6 is 11.6 Å². The zero-order chi connectivity index (χ0) is 21.3. The fourth-order valence-electron chi connectivity index (χ4n) is 2.30. The first-order valence-electron chi connectivity index (χ1n) is 8.85. The van der Waals surface area contributed by atoms with Crippen LogP contribution in [0.3, 0.4) is 0 Å². The van der Waals surface area contributed by atoms with Gasteiger partial charge in [-0.3, -0.25) is 20.4 Å². The van der Waals surface area contributed by atoms with Crippen molar-refractivity contribution in [3.05, 3.63) is 59.1 Å². The van der Waals surface area contributed by atoms with Gasteiger partial charge in [-0.2, -0.15) is 0 Å². The van der Waals surface area contributed by atoms with Crippen molar-refractivity contribution in [3.63, 3.8) is 0 Å². The Balaban J connectivity index is 1.72. The van der Waals surface area contributed by atoms with E-state index in [2.05, 4.69) is 15.6 Å². The Morgan fingerprint density at radius 1 is 0.966 bits per heavy atom. The number of halogens is 1. The highest BCUT2D eigenvalue weighted by Gasteiger charge is 2.14. The van der Waals surface area contributed by atoms with Crippen molar-refractivity contribution in [2.24, 2.45) is 0 Å². The average molecular weight is 440 g/mol. The van der Waals surface area contributed by atoms with Gasteiger partial charge in [-0.1, -0.05) is 23.7 Å². The zero-order valence-electron chi connectivity index (χ0n) is 15.8. The predicted molar refractivity (Wildman–Crippen MR) is 109 cm³/mol. The molecule has 3 N–H and O–H groups in total. The summed E-state index contributed by atoms with van der Waals surface area (Å²) in [6.45, 7) is 2.20. The second-order valence-electron chi connectivity index (χ2n) is 5.95. The van der Waals surface area contributed by atoms with E-state index in [9.17, 15) is 18.0 Å². The number of hydrogen-bond acceptors (Lipinski definition) is 5. The third-order valence-corrected chi connectivity index (χ3v) is 5.44. The van der Waals surface area contributed by atoms with E-state index in [1.54, 1.807) is 36.4 Å². The number of ether oxygens (including phenoxy) is 1. The highest BCUT2D eigenvalue weighted by Crippen LogP contribution is 2.15. The molecule has 29 heavy (non-hydrogen) atoms. The zero-order valence-corrected chi connectivity index (χ0v) is 17.3. The first kappa shape index (κ1) is 22.7. The minimum absolute atomic E-state index is 0.0672. The Bertz CT molecular complexity index is 931. The first-order valence-corrected chi connectivity index (χ1v) is 10.7. The van der Waals surface area contributed by atoms with Crippen LogP contribution in [0.5, 0.6) is 5.75 Å². The fraction of sp³-hybridized carbons (Fsp3) is 0.263. The number of sulfonamides is 1. The average Bonchev–Trinajstić information content (AvgIpc) is 2.69. The van der Waals surface area contributed by atoms with Crippen molar-refractivity contribution in [1.29, 1.82) is 0 Å². The van der Waals surface area contributed by atoms with Crippen LogP contribution in [0.15, 0.2) is 53.4 Å². The summed E-state index contributed by atoms with van der Waals surface area (Å²) in [5, 5.41) is 0.565. The van der Waals surface area contributed by atoms with E-state index in [-0.39, 0.29) is 24.3 Å². The van der Waals surface area contributed by atoms with E-state index in [0.717, 1.165) is 5.56 Å². The number of benzene rings is 2. The maximum Gasteiger partial charge on any atom is 0.242 e. The number of carbonyl (C=O) groups is 2. The number of hydrazine groups is 1. The van der Waals surface area contributed by atoms with E-state index < -0.39 is 21.8 Å². The Hall–Kier alpha value is -2.62. The lowest BCUT2D eigenvalue weighted by Gasteiger charge is -2.09. The van der Waals surface area contributed by atoms with Crippen molar-refractivity contribution in [3.8, 4) is 5.75 Å². The molecule has 0 aliphatic rings. The summed E-state index contributed by atoms with van der Waals surface area (Å²) in [6.07, 6.45) is -0.0701. The molecule has 0 saturated carbocycles. The quantitative estimate of drug-likeness (QED) is 0.515. The van der Waals surface area contributed by atoms with Crippen LogP contribution < -0.4 is 20.3 Å². The van der Waals surface area contributed by atoms with Crippen molar-refractivity contribution in [2.75, 3.05) is 13.2 Å². The first-order chi connectivity index (χ1) is 13.8. The van der Waals surface area contributed by atoms with Gasteiger partial charge in [-0.15, -0.1) is 0 Å². The molecule has 10 heteroatoms. The third kappa shape index (κ3) is 7.72. The standard InChI is InChI=1S/C19H22ClN3O5S/c1-2-28-16-7-9-17(10-8-16)29(26,27)21-12-11-18(24)22-23-19(25)13-14-3-5-15(20)6-4-14/h3-10,21H,2,11-13H2,1H3,(H,22,24)(H,23,25). The van der Waals surface area contributed by atoms with Crippen LogP contribution in [0.4, 0.5) is 0 Å². The summed E-state index contributed by atoms with van der Waals surface area (Å²) in [7, 11) is -3.75. The summed E-state index contributed by atoms with van der Waals surface area (Å²) >= 11 is 5.78. The van der Waals surface area contributed by atoms with Gasteiger partial charge in [0, 0.05) is 18.0 Å². The molecular weight excluding hydrogens is 418 g/mol. The molecule has 0 heterocycles. The molecule has 0 unspecified atom stereocenters. The van der Waals surface area contributed by atoms with Gasteiger partial charge in [0.1, 0.15) is 5.75 Å². The summed E-state index contributed by atoms with van der Waals surface area (Å²) < 4.78 is 32.0. The van der Waals surface area contributed by atoms with Gasteiger partial charge in [0.2, 0.25) is 21.8 Å². The number of nitrogens with one attached hydrogen (secondary N) is 3. The Labute approximate surface area is 174 Å². The van der Waals surface area contributed by atoms with Gasteiger partial charge >= 0.3 is 0 Å². The molecule has 156 valence electrons. The molecular formula is C19H22ClN3O5S. The molecule has 0 fully saturated rings. The minimum Gasteiger partial charge on any atom is -0.494 e. The van der Waals surface area contributed by atoms with E-state index in [1.165, 1.54) is 12.1 Å². The summed E-state index contributed by atoms with van der Waals surface area (Å²) in [5.74, 6) is -0.361. The number of amides is 2. The van der Waals surface area contributed by atoms with E-state index in [0.29, 0.717) is 17.4 Å². The largest absolute Gasteiger partial charge is 0.494 e. The lowest BCUT2D eigenvalue weighted by molar-refractivity contribution is -0.128. The van der Waals surface area contributed by atoms with Crippen LogP contribution in [0.1, 0.15) is 18.9 Å². The van der Waals surface area contributed by atoms with Gasteiger partial charge in [-0.05, 0) is 48.9 Å². The fourth-order valence-corrected chi connectivity index (χ4v) is 3.46. The third-order valence-electron chi connectivity index (χ3n) is 3.71. The SMILES string of the molecule is CCOc1ccc(S(=O)(=O)NCCC(=O)NNC(=O)Cc2ccc(Cl)cc2)cc1. The van der Waals surface area contributed by atoms with Gasteiger partial charge in [0.25, 0.3) is 0 Å². The molecule has 0 atom stereocenters. The van der Waals surface area contributed by atoms with E-state index in [1.807, 2.05) is 6.92 Å². The van der Waals surface area contributed by atoms with Crippen molar-refractivity contribution < 1.29 is 22.7 Å². The smallest absolute Gasteiger partial charge is 0.242 e. The summed E-state index contributed by atoms with van der Waals surface area (Å²) in [6, 6.07) is 12.7. The molecule has 0 aromatic heterocycles. The molecule has 2 aromatic carbocycles. The van der Waals surface area contributed by atoms with E-state index in [4.69, 9.17) is 16.3 Å². The lowest BCUT2D eigenvalue weighted by atomic mass is 10.1. The van der Waals surface area contributed by atoms with Crippen molar-refractivity contribution >= 4 is 33.4 Å². The molecule has 2 aromatic rings. The molecule has 0 saturated heterocycles. The minimum atomic E-state index is -3.75. The maximum atomic E-state index is 12.2. The molecule has 2 amide bonds. The molecule has 0 bridgehead atoms. The van der Waals surface area contributed by atoms with Crippen LogP contribution in [0.2, 0.25) is 5.02 Å². The Kier molecular flexibility index (Phi) is 8.44. The summed E-state index contributed by atoms with van der Waals surface area (Å²) in [4.78, 5) is 23.7. The molecule has 0 aliphatic carbocycles. The molecule has 0 radical (unpaired) electrons. The van der Waals surface area contributed by atoms with Gasteiger partial charge in [0.15, 0.2) is 0 Å². The second kappa shape index (κ2) is 10.8. The van der Waals surface area contributed by atoms with Crippen LogP contribution in [0.25, 0.3) is 0 Å². The van der Waals surface area contributed by atoms with Crippen molar-refractivity contribution in [1.82, 2.24) is 15.6 Å². The Morgan fingerprint density at radius 3 is 2.21 bits per heavy atom. The van der Waals surface area contributed by atoms with Gasteiger partial charge in [-0.25, -0.2) is 13.1 Å². The maximum absolute atomic E-state index is 12.2.